The van der Waals surface area contributed by atoms with Gasteiger partial charge in [-0.2, -0.15) is 5.26 Å². The minimum atomic E-state index is -0.278. The van der Waals surface area contributed by atoms with Crippen molar-refractivity contribution in [1.82, 2.24) is 0 Å². The fraction of sp³-hybridized carbons (Fsp3) is 0.273. The molecule has 0 saturated carbocycles. The topological polar surface area (TPSA) is 50.1 Å². The number of nitrogens with zero attached hydrogens (tertiary/aromatic N) is 1. The Hall–Kier alpha value is -0.860. The van der Waals surface area contributed by atoms with E-state index in [0.29, 0.717) is 16.6 Å². The van der Waals surface area contributed by atoms with Crippen molar-refractivity contribution in [1.29, 1.82) is 5.26 Å². The van der Waals surface area contributed by atoms with E-state index in [-0.39, 0.29) is 12.4 Å². The number of halogens is 2. The maximum atomic E-state index is 11.3. The SMILES string of the molecule is CCOC(=O)Cc1ccc(C#N)c(Br)c1Br. The lowest BCUT2D eigenvalue weighted by Gasteiger charge is -2.07. The average Bonchev–Trinajstić information content (AvgIpc) is 2.25. The van der Waals surface area contributed by atoms with Crippen LogP contribution < -0.4 is 0 Å². The summed E-state index contributed by atoms with van der Waals surface area (Å²) in [6, 6.07) is 5.46. The van der Waals surface area contributed by atoms with Crippen LogP contribution in [0, 0.1) is 11.3 Å². The third kappa shape index (κ3) is 3.06. The molecule has 0 amide bonds. The van der Waals surface area contributed by atoms with Crippen molar-refractivity contribution in [3.63, 3.8) is 0 Å². The van der Waals surface area contributed by atoms with Crippen molar-refractivity contribution < 1.29 is 9.53 Å². The van der Waals surface area contributed by atoms with Crippen LogP contribution in [0.25, 0.3) is 0 Å². The summed E-state index contributed by atoms with van der Waals surface area (Å²) in [4.78, 5) is 11.3. The molecule has 0 bridgehead atoms. The first-order valence-corrected chi connectivity index (χ1v) is 6.21. The summed E-state index contributed by atoms with van der Waals surface area (Å²) in [6.07, 6.45) is 0.193. The summed E-state index contributed by atoms with van der Waals surface area (Å²) in [7, 11) is 0. The molecule has 0 radical (unpaired) electrons. The van der Waals surface area contributed by atoms with Gasteiger partial charge in [0.15, 0.2) is 0 Å². The standard InChI is InChI=1S/C11H9Br2NO2/c1-2-16-9(15)5-7-3-4-8(6-14)11(13)10(7)12/h3-4H,2,5H2,1H3. The Morgan fingerprint density at radius 1 is 1.44 bits per heavy atom. The molecule has 0 heterocycles. The summed E-state index contributed by atoms with van der Waals surface area (Å²) in [5, 5.41) is 8.81. The quantitative estimate of drug-likeness (QED) is 0.790. The van der Waals surface area contributed by atoms with Gasteiger partial charge in [0.1, 0.15) is 6.07 Å². The predicted molar refractivity (Wildman–Crippen MR) is 66.9 cm³/mol. The Labute approximate surface area is 111 Å². The first-order valence-electron chi connectivity index (χ1n) is 4.62. The van der Waals surface area contributed by atoms with Crippen LogP contribution in [0.2, 0.25) is 0 Å². The second-order valence-corrected chi connectivity index (χ2v) is 4.58. The van der Waals surface area contributed by atoms with Gasteiger partial charge < -0.3 is 4.74 Å². The number of benzene rings is 1. The number of nitriles is 1. The molecule has 0 N–H and O–H groups in total. The molecule has 0 aromatic heterocycles. The number of carbonyl (C=O) groups is 1. The first kappa shape index (κ1) is 13.2. The van der Waals surface area contributed by atoms with Crippen LogP contribution in [0.4, 0.5) is 0 Å². The monoisotopic (exact) mass is 345 g/mol. The summed E-state index contributed by atoms with van der Waals surface area (Å²) < 4.78 is 6.24. The molecule has 0 aliphatic heterocycles. The number of carbonyl (C=O) groups excluding carboxylic acids is 1. The first-order chi connectivity index (χ1) is 7.60. The molecular weight excluding hydrogens is 338 g/mol. The van der Waals surface area contributed by atoms with Gasteiger partial charge in [-0.05, 0) is 50.4 Å². The minimum Gasteiger partial charge on any atom is -0.466 e. The Morgan fingerprint density at radius 2 is 2.12 bits per heavy atom. The third-order valence-corrected chi connectivity index (χ3v) is 4.18. The third-order valence-electron chi connectivity index (χ3n) is 1.92. The van der Waals surface area contributed by atoms with Crippen molar-refractivity contribution in [2.24, 2.45) is 0 Å². The summed E-state index contributed by atoms with van der Waals surface area (Å²) in [6.45, 7) is 2.13. The van der Waals surface area contributed by atoms with Crippen LogP contribution in [0.15, 0.2) is 21.1 Å². The smallest absolute Gasteiger partial charge is 0.310 e. The Bertz CT molecular complexity index is 452. The van der Waals surface area contributed by atoms with Crippen LogP contribution >= 0.6 is 31.9 Å². The maximum Gasteiger partial charge on any atom is 0.310 e. The second-order valence-electron chi connectivity index (χ2n) is 2.99. The van der Waals surface area contributed by atoms with Crippen LogP contribution in [0.5, 0.6) is 0 Å². The van der Waals surface area contributed by atoms with Crippen LogP contribution in [-0.2, 0) is 16.0 Å². The van der Waals surface area contributed by atoms with E-state index < -0.39 is 0 Å². The highest BCUT2D eigenvalue weighted by atomic mass is 79.9. The average molecular weight is 347 g/mol. The van der Waals surface area contributed by atoms with E-state index in [1.165, 1.54) is 0 Å². The van der Waals surface area contributed by atoms with E-state index >= 15 is 0 Å². The molecule has 5 heteroatoms. The predicted octanol–water partition coefficient (Wildman–Crippen LogP) is 3.19. The van der Waals surface area contributed by atoms with Gasteiger partial charge in [0.2, 0.25) is 0 Å². The van der Waals surface area contributed by atoms with Crippen LogP contribution in [0.3, 0.4) is 0 Å². The molecule has 16 heavy (non-hydrogen) atoms. The van der Waals surface area contributed by atoms with Crippen LogP contribution in [-0.4, -0.2) is 12.6 Å². The van der Waals surface area contributed by atoms with Gasteiger partial charge in [-0.3, -0.25) is 4.79 Å². The summed E-state index contributed by atoms with van der Waals surface area (Å²) in [5.74, 6) is -0.278. The minimum absolute atomic E-state index is 0.193. The van der Waals surface area contributed by atoms with E-state index in [9.17, 15) is 4.79 Å². The van der Waals surface area contributed by atoms with Gasteiger partial charge in [0.05, 0.1) is 18.6 Å². The molecular formula is C11H9Br2NO2. The Kier molecular flexibility index (Phi) is 4.97. The van der Waals surface area contributed by atoms with E-state index in [0.717, 1.165) is 10.0 Å². The van der Waals surface area contributed by atoms with Gasteiger partial charge in [-0.15, -0.1) is 0 Å². The second kappa shape index (κ2) is 6.02. The molecule has 0 unspecified atom stereocenters. The highest BCUT2D eigenvalue weighted by Crippen LogP contribution is 2.30. The molecule has 0 aliphatic carbocycles. The molecule has 0 saturated heterocycles. The van der Waals surface area contributed by atoms with Crippen molar-refractivity contribution >= 4 is 37.8 Å². The lowest BCUT2D eigenvalue weighted by Crippen LogP contribution is -2.08. The van der Waals surface area contributed by atoms with Crippen molar-refractivity contribution in [2.45, 2.75) is 13.3 Å². The summed E-state index contributed by atoms with van der Waals surface area (Å²) >= 11 is 6.64. The van der Waals surface area contributed by atoms with Gasteiger partial charge in [-0.25, -0.2) is 0 Å². The number of rotatable bonds is 3. The van der Waals surface area contributed by atoms with E-state index in [4.69, 9.17) is 10.00 Å². The fourth-order valence-electron chi connectivity index (χ4n) is 1.18. The molecule has 3 nitrogen and oxygen atoms in total. The number of hydrogen-bond acceptors (Lipinski definition) is 3. The van der Waals surface area contributed by atoms with Crippen molar-refractivity contribution in [3.8, 4) is 6.07 Å². The van der Waals surface area contributed by atoms with Crippen LogP contribution in [0.1, 0.15) is 18.1 Å². The van der Waals surface area contributed by atoms with Gasteiger partial charge in [0.25, 0.3) is 0 Å². The lowest BCUT2D eigenvalue weighted by molar-refractivity contribution is -0.142. The Balaban J connectivity index is 2.96. The number of ether oxygens (including phenoxy) is 1. The van der Waals surface area contributed by atoms with Gasteiger partial charge >= 0.3 is 5.97 Å². The molecule has 1 aromatic carbocycles. The van der Waals surface area contributed by atoms with E-state index in [1.54, 1.807) is 19.1 Å². The molecule has 1 rings (SSSR count). The zero-order valence-electron chi connectivity index (χ0n) is 8.59. The molecule has 0 aliphatic rings. The largest absolute Gasteiger partial charge is 0.466 e. The molecule has 1 aromatic rings. The molecule has 84 valence electrons. The highest BCUT2D eigenvalue weighted by Gasteiger charge is 2.12. The normalized spacial score (nSPS) is 9.62. The number of esters is 1. The number of hydrogen-bond donors (Lipinski definition) is 0. The molecule has 0 atom stereocenters. The zero-order valence-corrected chi connectivity index (χ0v) is 11.8. The highest BCUT2D eigenvalue weighted by molar-refractivity contribution is 9.13. The zero-order chi connectivity index (χ0) is 12.1. The summed E-state index contributed by atoms with van der Waals surface area (Å²) in [5.41, 5.74) is 1.32. The van der Waals surface area contributed by atoms with Crippen molar-refractivity contribution in [2.75, 3.05) is 6.61 Å². The maximum absolute atomic E-state index is 11.3. The molecule has 0 spiro atoms. The Morgan fingerprint density at radius 3 is 2.69 bits per heavy atom. The van der Waals surface area contributed by atoms with Gasteiger partial charge in [0, 0.05) is 8.95 Å². The lowest BCUT2D eigenvalue weighted by atomic mass is 10.1. The molecule has 0 fully saturated rings. The van der Waals surface area contributed by atoms with Gasteiger partial charge in [-0.1, -0.05) is 6.07 Å². The van der Waals surface area contributed by atoms with E-state index in [1.807, 2.05) is 6.07 Å². The van der Waals surface area contributed by atoms with E-state index in [2.05, 4.69) is 31.9 Å². The van der Waals surface area contributed by atoms with Crippen molar-refractivity contribution in [3.05, 3.63) is 32.2 Å². The fourth-order valence-corrected chi connectivity index (χ4v) is 2.14.